The molecule has 24 heavy (non-hydrogen) atoms. The van der Waals surface area contributed by atoms with Crippen LogP contribution in [0.2, 0.25) is 0 Å². The van der Waals surface area contributed by atoms with Crippen molar-refractivity contribution >= 4 is 17.2 Å². The van der Waals surface area contributed by atoms with E-state index < -0.39 is 5.54 Å². The lowest BCUT2D eigenvalue weighted by molar-refractivity contribution is -0.116. The Balaban J connectivity index is 1.92. The van der Waals surface area contributed by atoms with Crippen LogP contribution in [0.25, 0.3) is 5.57 Å². The van der Waals surface area contributed by atoms with E-state index in [2.05, 4.69) is 10.5 Å². The van der Waals surface area contributed by atoms with Gasteiger partial charge in [0, 0.05) is 0 Å². The first-order chi connectivity index (χ1) is 11.5. The summed E-state index contributed by atoms with van der Waals surface area (Å²) in [5.74, 6) is -0.0111. The van der Waals surface area contributed by atoms with Crippen LogP contribution in [-0.2, 0) is 9.63 Å². The predicted molar refractivity (Wildman–Crippen MR) is 93.9 cm³/mol. The number of aliphatic hydroxyl groups is 1. The maximum atomic E-state index is 12.6. The first kappa shape index (κ1) is 16.6. The van der Waals surface area contributed by atoms with E-state index >= 15 is 0 Å². The first-order valence-corrected chi connectivity index (χ1v) is 8.48. The summed E-state index contributed by atoms with van der Waals surface area (Å²) in [4.78, 5) is 17.7. The molecule has 1 aliphatic carbocycles. The molecule has 1 heterocycles. The predicted octanol–water partition coefficient (Wildman–Crippen LogP) is 3.41. The number of hydrogen-bond acceptors (Lipinski definition) is 4. The van der Waals surface area contributed by atoms with E-state index in [9.17, 15) is 9.90 Å². The molecular formula is C19H24N2O3. The van der Waals surface area contributed by atoms with Crippen molar-refractivity contribution in [2.45, 2.75) is 52.0 Å². The lowest BCUT2D eigenvalue weighted by atomic mass is 9.79. The number of aliphatic hydroxyl groups excluding tert-OH is 1. The third kappa shape index (κ3) is 2.79. The number of carbonyl (C=O) groups is 1. The Bertz CT molecular complexity index is 724. The van der Waals surface area contributed by atoms with Gasteiger partial charge in [0.05, 0.1) is 16.8 Å². The number of amides is 1. The minimum absolute atomic E-state index is 0.177. The van der Waals surface area contributed by atoms with Crippen molar-refractivity contribution in [2.75, 3.05) is 6.61 Å². The molecule has 1 spiro atoms. The maximum absolute atomic E-state index is 12.6. The summed E-state index contributed by atoms with van der Waals surface area (Å²) < 4.78 is 0. The van der Waals surface area contributed by atoms with Gasteiger partial charge in [0.15, 0.2) is 0 Å². The van der Waals surface area contributed by atoms with Crippen molar-refractivity contribution in [1.82, 2.24) is 5.32 Å². The smallest absolute Gasteiger partial charge is 0.256 e. The molecule has 0 radical (unpaired) electrons. The van der Waals surface area contributed by atoms with Gasteiger partial charge in [-0.3, -0.25) is 4.79 Å². The van der Waals surface area contributed by atoms with Gasteiger partial charge in [-0.05, 0) is 57.6 Å². The Morgan fingerprint density at radius 1 is 1.29 bits per heavy atom. The highest BCUT2D eigenvalue weighted by molar-refractivity contribution is 6.23. The van der Waals surface area contributed by atoms with E-state index in [0.29, 0.717) is 37.9 Å². The Morgan fingerprint density at radius 2 is 2.00 bits per heavy atom. The van der Waals surface area contributed by atoms with E-state index in [4.69, 9.17) is 4.84 Å². The summed E-state index contributed by atoms with van der Waals surface area (Å²) in [5, 5.41) is 18.0. The highest BCUT2D eigenvalue weighted by Crippen LogP contribution is 2.41. The summed E-state index contributed by atoms with van der Waals surface area (Å²) in [6, 6.07) is 5.96. The van der Waals surface area contributed by atoms with Gasteiger partial charge in [-0.1, -0.05) is 28.9 Å². The molecule has 2 aliphatic rings. The molecule has 1 aliphatic heterocycles. The van der Waals surface area contributed by atoms with Crippen LogP contribution >= 0.6 is 0 Å². The van der Waals surface area contributed by atoms with Crippen LogP contribution in [0.3, 0.4) is 0 Å². The van der Waals surface area contributed by atoms with E-state index in [1.54, 1.807) is 0 Å². The Kier molecular flexibility index (Phi) is 4.35. The third-order valence-corrected chi connectivity index (χ3v) is 4.94. The number of carbonyl (C=O) groups excluding carboxylic acids is 1. The lowest BCUT2D eigenvalue weighted by Gasteiger charge is -2.33. The molecule has 1 saturated carbocycles. The molecule has 0 saturated heterocycles. The second-order valence-corrected chi connectivity index (χ2v) is 6.65. The van der Waals surface area contributed by atoms with Crippen molar-refractivity contribution in [2.24, 2.45) is 5.16 Å². The van der Waals surface area contributed by atoms with Gasteiger partial charge in [0.1, 0.15) is 12.4 Å². The van der Waals surface area contributed by atoms with Gasteiger partial charge in [-0.2, -0.15) is 0 Å². The quantitative estimate of drug-likeness (QED) is 0.835. The van der Waals surface area contributed by atoms with Crippen molar-refractivity contribution in [3.63, 3.8) is 0 Å². The summed E-state index contributed by atoms with van der Waals surface area (Å²) >= 11 is 0. The fraction of sp³-hybridized carbons (Fsp3) is 0.474. The summed E-state index contributed by atoms with van der Waals surface area (Å²) in [6.07, 6.45) is 2.71. The van der Waals surface area contributed by atoms with E-state index in [0.717, 1.165) is 22.4 Å². The largest absolute Gasteiger partial charge is 0.509 e. The summed E-state index contributed by atoms with van der Waals surface area (Å²) in [7, 11) is 0. The fourth-order valence-corrected chi connectivity index (χ4v) is 3.52. The molecular weight excluding hydrogens is 304 g/mol. The number of nitrogens with one attached hydrogen (secondary N) is 1. The van der Waals surface area contributed by atoms with Crippen molar-refractivity contribution < 1.29 is 14.7 Å². The molecule has 5 nitrogen and oxygen atoms in total. The number of benzene rings is 1. The molecule has 128 valence electrons. The van der Waals surface area contributed by atoms with Crippen molar-refractivity contribution in [3.05, 3.63) is 40.6 Å². The molecule has 0 aromatic heterocycles. The maximum Gasteiger partial charge on any atom is 0.256 e. The average Bonchev–Trinajstić information content (AvgIpc) is 2.80. The van der Waals surface area contributed by atoms with Crippen molar-refractivity contribution in [3.8, 4) is 0 Å². The fourth-order valence-electron chi connectivity index (χ4n) is 3.52. The average molecular weight is 328 g/mol. The number of hydrogen-bond donors (Lipinski definition) is 2. The minimum atomic E-state index is -0.659. The second kappa shape index (κ2) is 6.30. The van der Waals surface area contributed by atoms with Crippen LogP contribution < -0.4 is 5.32 Å². The number of oxime groups is 1. The van der Waals surface area contributed by atoms with Crippen LogP contribution in [0, 0.1) is 13.8 Å². The van der Waals surface area contributed by atoms with E-state index in [-0.39, 0.29) is 11.7 Å². The Morgan fingerprint density at radius 3 is 2.67 bits per heavy atom. The molecule has 1 fully saturated rings. The van der Waals surface area contributed by atoms with Crippen LogP contribution in [-0.4, -0.2) is 28.9 Å². The Hall–Kier alpha value is -2.30. The molecule has 0 unspecified atom stereocenters. The highest BCUT2D eigenvalue weighted by Gasteiger charge is 2.47. The molecule has 2 N–H and O–H groups in total. The molecule has 1 aromatic rings. The van der Waals surface area contributed by atoms with Gasteiger partial charge in [-0.15, -0.1) is 0 Å². The van der Waals surface area contributed by atoms with Crippen LogP contribution in [0.4, 0.5) is 0 Å². The standard InChI is InChI=1S/C19H24N2O3/c1-4-24-21-14-7-9-19(10-8-14)17(22)16(18(23)20-19)15-11-12(2)5-6-13(15)3/h5-6,11,22H,4,7-10H2,1-3H3,(H,20,23). The third-order valence-electron chi connectivity index (χ3n) is 4.94. The molecule has 3 rings (SSSR count). The highest BCUT2D eigenvalue weighted by atomic mass is 16.6. The van der Waals surface area contributed by atoms with E-state index in [1.807, 2.05) is 39.0 Å². The molecule has 5 heteroatoms. The SMILES string of the molecule is CCON=C1CCC2(CC1)NC(=O)C(c1cc(C)ccc1C)=C2O. The van der Waals surface area contributed by atoms with Gasteiger partial charge >= 0.3 is 0 Å². The van der Waals surface area contributed by atoms with Crippen molar-refractivity contribution in [1.29, 1.82) is 0 Å². The monoisotopic (exact) mass is 328 g/mol. The van der Waals surface area contributed by atoms with Crippen LogP contribution in [0.1, 0.15) is 49.3 Å². The number of aryl methyl sites for hydroxylation is 2. The van der Waals surface area contributed by atoms with Gasteiger partial charge < -0.3 is 15.3 Å². The molecule has 1 aromatic carbocycles. The molecule has 1 amide bonds. The second-order valence-electron chi connectivity index (χ2n) is 6.65. The van der Waals surface area contributed by atoms with Gasteiger partial charge in [0.25, 0.3) is 5.91 Å². The zero-order chi connectivity index (χ0) is 17.3. The van der Waals surface area contributed by atoms with E-state index in [1.165, 1.54) is 0 Å². The molecule has 0 bridgehead atoms. The Labute approximate surface area is 142 Å². The first-order valence-electron chi connectivity index (χ1n) is 8.48. The summed E-state index contributed by atoms with van der Waals surface area (Å²) in [6.45, 7) is 6.39. The van der Waals surface area contributed by atoms with Gasteiger partial charge in [0.2, 0.25) is 0 Å². The van der Waals surface area contributed by atoms with Gasteiger partial charge in [-0.25, -0.2) is 0 Å². The number of rotatable bonds is 3. The lowest BCUT2D eigenvalue weighted by Crippen LogP contribution is -2.47. The zero-order valence-corrected chi connectivity index (χ0v) is 14.5. The van der Waals surface area contributed by atoms with Crippen LogP contribution in [0.5, 0.6) is 0 Å². The summed E-state index contributed by atoms with van der Waals surface area (Å²) in [5.41, 5.74) is 3.62. The number of nitrogens with zero attached hydrogens (tertiary/aromatic N) is 1. The normalized spacial score (nSPS) is 23.6. The minimum Gasteiger partial charge on any atom is -0.509 e. The zero-order valence-electron chi connectivity index (χ0n) is 14.5. The van der Waals surface area contributed by atoms with Crippen LogP contribution in [0.15, 0.2) is 29.1 Å². The molecule has 0 atom stereocenters. The topological polar surface area (TPSA) is 70.9 Å².